The fourth-order valence-electron chi connectivity index (χ4n) is 2.43. The molecule has 0 spiro atoms. The lowest BCUT2D eigenvalue weighted by Crippen LogP contribution is -2.45. The van der Waals surface area contributed by atoms with E-state index < -0.39 is 24.4 Å². The Kier molecular flexibility index (Phi) is 5.48. The molecule has 0 bridgehead atoms. The average molecular weight is 414 g/mol. The Bertz CT molecular complexity index is 886. The maximum Gasteiger partial charge on any atom is 0.458 e. The van der Waals surface area contributed by atoms with Crippen LogP contribution in [0.1, 0.15) is 17.5 Å². The first-order valence-electron chi connectivity index (χ1n) is 8.10. The predicted octanol–water partition coefficient (Wildman–Crippen LogP) is 4.04. The van der Waals surface area contributed by atoms with Gasteiger partial charge in [0.2, 0.25) is 0 Å². The van der Waals surface area contributed by atoms with E-state index in [0.717, 1.165) is 5.56 Å². The van der Waals surface area contributed by atoms with Crippen molar-refractivity contribution < 1.29 is 27.9 Å². The number of anilines is 1. The molecule has 2 aromatic carbocycles. The molecule has 10 heteroatoms. The van der Waals surface area contributed by atoms with Crippen LogP contribution in [0.4, 0.5) is 23.7 Å². The van der Waals surface area contributed by atoms with Gasteiger partial charge in [-0.3, -0.25) is 0 Å². The second-order valence-corrected chi connectivity index (χ2v) is 6.54. The number of amides is 2. The molecular weight excluding hydrogens is 399 g/mol. The second kappa shape index (κ2) is 7.69. The van der Waals surface area contributed by atoms with Crippen molar-refractivity contribution in [3.8, 4) is 0 Å². The number of urea groups is 1. The third-order valence-electron chi connectivity index (χ3n) is 4.00. The number of halogens is 4. The zero-order valence-corrected chi connectivity index (χ0v) is 15.0. The van der Waals surface area contributed by atoms with Gasteiger partial charge >= 0.3 is 18.0 Å². The summed E-state index contributed by atoms with van der Waals surface area (Å²) in [6.07, 6.45) is -5.74. The summed E-state index contributed by atoms with van der Waals surface area (Å²) < 4.78 is 38.2. The van der Waals surface area contributed by atoms with Crippen molar-refractivity contribution in [3.05, 3.63) is 64.7 Å². The van der Waals surface area contributed by atoms with Gasteiger partial charge in [-0.1, -0.05) is 41.0 Å². The first kappa shape index (κ1) is 20.0. The van der Waals surface area contributed by atoms with Gasteiger partial charge in [-0.2, -0.15) is 13.2 Å². The van der Waals surface area contributed by atoms with Crippen LogP contribution in [0.2, 0.25) is 5.02 Å². The van der Waals surface area contributed by atoms with Crippen LogP contribution in [0.15, 0.2) is 53.7 Å². The fraction of sp³-hybridized carbons (Fsp3) is 0.222. The van der Waals surface area contributed by atoms with Crippen molar-refractivity contribution in [1.29, 1.82) is 0 Å². The first-order chi connectivity index (χ1) is 13.2. The maximum atomic E-state index is 12.7. The van der Waals surface area contributed by atoms with E-state index in [9.17, 15) is 23.1 Å². The van der Waals surface area contributed by atoms with Gasteiger partial charge in [-0.25, -0.2) is 4.79 Å². The summed E-state index contributed by atoms with van der Waals surface area (Å²) in [5.41, 5.74) is 1.67. The molecule has 2 amide bonds. The Morgan fingerprint density at radius 3 is 2.39 bits per heavy atom. The van der Waals surface area contributed by atoms with E-state index in [2.05, 4.69) is 20.6 Å². The predicted molar refractivity (Wildman–Crippen MR) is 97.0 cm³/mol. The van der Waals surface area contributed by atoms with Crippen molar-refractivity contribution in [2.45, 2.75) is 24.9 Å². The Morgan fingerprint density at radius 2 is 1.82 bits per heavy atom. The van der Waals surface area contributed by atoms with E-state index in [1.807, 2.05) is 0 Å². The normalized spacial score (nSPS) is 19.0. The molecule has 1 atom stereocenters. The highest BCUT2D eigenvalue weighted by atomic mass is 35.5. The summed E-state index contributed by atoms with van der Waals surface area (Å²) in [7, 11) is 0. The number of benzene rings is 2. The molecule has 28 heavy (non-hydrogen) atoms. The van der Waals surface area contributed by atoms with Crippen LogP contribution in [-0.2, 0) is 11.4 Å². The minimum atomic E-state index is -4.94. The Balaban J connectivity index is 1.54. The zero-order valence-electron chi connectivity index (χ0n) is 14.3. The topological polar surface area (TPSA) is 83.0 Å². The highest BCUT2D eigenvalue weighted by molar-refractivity contribution is 6.30. The number of carbonyl (C=O) groups is 1. The van der Waals surface area contributed by atoms with Crippen LogP contribution >= 0.6 is 11.6 Å². The first-order valence-corrected chi connectivity index (χ1v) is 8.48. The lowest BCUT2D eigenvalue weighted by Gasteiger charge is -2.22. The Labute approximate surface area is 162 Å². The molecule has 3 rings (SSSR count). The summed E-state index contributed by atoms with van der Waals surface area (Å²) in [6.45, 7) is 0.204. The molecule has 2 aromatic rings. The van der Waals surface area contributed by atoms with E-state index in [1.54, 1.807) is 48.5 Å². The van der Waals surface area contributed by atoms with Gasteiger partial charge in [0.25, 0.3) is 0 Å². The third-order valence-corrected chi connectivity index (χ3v) is 4.25. The van der Waals surface area contributed by atoms with E-state index in [0.29, 0.717) is 16.3 Å². The Morgan fingerprint density at radius 1 is 1.18 bits per heavy atom. The number of alkyl halides is 3. The third kappa shape index (κ3) is 4.55. The van der Waals surface area contributed by atoms with Gasteiger partial charge in [0.05, 0.1) is 12.1 Å². The van der Waals surface area contributed by atoms with E-state index in [4.69, 9.17) is 11.6 Å². The molecule has 1 heterocycles. The van der Waals surface area contributed by atoms with Gasteiger partial charge in [0.15, 0.2) is 0 Å². The molecule has 0 saturated carbocycles. The lowest BCUT2D eigenvalue weighted by atomic mass is 10.0. The highest BCUT2D eigenvalue weighted by Gasteiger charge is 2.60. The molecule has 0 saturated heterocycles. The molecule has 6 nitrogen and oxygen atoms in total. The molecule has 148 valence electrons. The lowest BCUT2D eigenvalue weighted by molar-refractivity contribution is -0.355. The summed E-state index contributed by atoms with van der Waals surface area (Å²) in [4.78, 5) is 16.1. The van der Waals surface area contributed by atoms with Crippen LogP contribution in [-0.4, -0.2) is 28.8 Å². The van der Waals surface area contributed by atoms with Crippen molar-refractivity contribution >= 4 is 29.0 Å². The summed E-state index contributed by atoms with van der Waals surface area (Å²) in [6, 6.07) is 12.5. The molecule has 1 unspecified atom stereocenters. The molecule has 3 N–H and O–H groups in total. The summed E-state index contributed by atoms with van der Waals surface area (Å²) in [5, 5.41) is 18.7. The number of oxime groups is 1. The summed E-state index contributed by atoms with van der Waals surface area (Å²) >= 11 is 5.77. The quantitative estimate of drug-likeness (QED) is 0.707. The minimum Gasteiger partial charge on any atom is -0.350 e. The van der Waals surface area contributed by atoms with Gasteiger partial charge in [0.1, 0.15) is 0 Å². The maximum absolute atomic E-state index is 12.7. The highest BCUT2D eigenvalue weighted by Crippen LogP contribution is 2.38. The molecule has 1 aliphatic heterocycles. The van der Waals surface area contributed by atoms with Gasteiger partial charge in [0, 0.05) is 17.3 Å². The van der Waals surface area contributed by atoms with E-state index in [-0.39, 0.29) is 12.3 Å². The van der Waals surface area contributed by atoms with E-state index >= 15 is 0 Å². The average Bonchev–Trinajstić information content (AvgIpc) is 3.06. The second-order valence-electron chi connectivity index (χ2n) is 6.10. The molecule has 0 aliphatic carbocycles. The number of hydrogen-bond acceptors (Lipinski definition) is 4. The number of rotatable bonds is 4. The number of carbonyl (C=O) groups excluding carboxylic acids is 1. The molecule has 1 aliphatic rings. The fourth-order valence-corrected chi connectivity index (χ4v) is 2.56. The molecule has 0 radical (unpaired) electrons. The molecule has 0 aromatic heterocycles. The minimum absolute atomic E-state index is 0.0141. The molecule has 0 fully saturated rings. The SMILES string of the molecule is O=C(NCc1ccc(C2=NOC(O)(C(F)(F)F)C2)cc1)Nc1ccc(Cl)cc1. The Hall–Kier alpha value is -2.78. The van der Waals surface area contributed by atoms with Crippen LogP contribution in [0, 0.1) is 0 Å². The van der Waals surface area contributed by atoms with Crippen molar-refractivity contribution in [3.63, 3.8) is 0 Å². The van der Waals surface area contributed by atoms with Gasteiger partial charge in [-0.15, -0.1) is 0 Å². The number of nitrogens with one attached hydrogen (secondary N) is 2. The number of nitrogens with zero attached hydrogens (tertiary/aromatic N) is 1. The van der Waals surface area contributed by atoms with Crippen molar-refractivity contribution in [1.82, 2.24) is 5.32 Å². The van der Waals surface area contributed by atoms with Crippen LogP contribution < -0.4 is 10.6 Å². The van der Waals surface area contributed by atoms with Crippen molar-refractivity contribution in [2.75, 3.05) is 5.32 Å². The molecular formula is C18H15ClF3N3O3. The van der Waals surface area contributed by atoms with Crippen LogP contribution in [0.3, 0.4) is 0 Å². The summed E-state index contributed by atoms with van der Waals surface area (Å²) in [5.74, 6) is -3.30. The van der Waals surface area contributed by atoms with Gasteiger partial charge in [-0.05, 0) is 35.4 Å². The number of hydrogen-bond donors (Lipinski definition) is 3. The largest absolute Gasteiger partial charge is 0.458 e. The van der Waals surface area contributed by atoms with Crippen LogP contribution in [0.5, 0.6) is 0 Å². The van der Waals surface area contributed by atoms with Gasteiger partial charge < -0.3 is 20.6 Å². The monoisotopic (exact) mass is 413 g/mol. The standard InChI is InChI=1S/C18H15ClF3N3O3/c19-13-5-7-14(8-6-13)24-16(26)23-10-11-1-3-12(4-2-11)15-9-17(27,28-25-15)18(20,21)22/h1-8,27H,9-10H2,(H2,23,24,26). The number of aliphatic hydroxyl groups is 1. The van der Waals surface area contributed by atoms with Crippen LogP contribution in [0.25, 0.3) is 0 Å². The van der Waals surface area contributed by atoms with E-state index in [1.165, 1.54) is 0 Å². The van der Waals surface area contributed by atoms with Crippen molar-refractivity contribution in [2.24, 2.45) is 5.16 Å². The smallest absolute Gasteiger partial charge is 0.350 e. The zero-order chi connectivity index (χ0) is 20.4.